The van der Waals surface area contributed by atoms with Crippen LogP contribution in [-0.4, -0.2) is 82.3 Å². The van der Waals surface area contributed by atoms with Crippen LogP contribution in [0.2, 0.25) is 0 Å². The van der Waals surface area contributed by atoms with Crippen LogP contribution in [0.1, 0.15) is 31.2 Å². The molecule has 0 saturated carbocycles. The summed E-state index contributed by atoms with van der Waals surface area (Å²) in [5.74, 6) is -2.20. The molecule has 0 radical (unpaired) electrons. The van der Waals surface area contributed by atoms with Crippen molar-refractivity contribution in [2.24, 2.45) is 11.5 Å². The highest BCUT2D eigenvalue weighted by Gasteiger charge is 2.30. The highest BCUT2D eigenvalue weighted by Crippen LogP contribution is 2.19. The van der Waals surface area contributed by atoms with Gasteiger partial charge in [0.1, 0.15) is 18.1 Å². The maximum atomic E-state index is 13.4. The van der Waals surface area contributed by atoms with E-state index in [0.717, 1.165) is 16.5 Å². The third-order valence-electron chi connectivity index (χ3n) is 6.07. The molecule has 0 fully saturated rings. The average Bonchev–Trinajstić information content (AvgIpc) is 3.31. The Hall–Kier alpha value is -2.74. The van der Waals surface area contributed by atoms with Gasteiger partial charge in [-0.1, -0.05) is 18.2 Å². The van der Waals surface area contributed by atoms with Crippen LogP contribution in [0.3, 0.4) is 0 Å². The molecule has 0 aliphatic rings. The molecule has 2 rings (SSSR count). The van der Waals surface area contributed by atoms with Gasteiger partial charge in [0.15, 0.2) is 0 Å². The van der Waals surface area contributed by atoms with Gasteiger partial charge in [-0.3, -0.25) is 14.4 Å². The largest absolute Gasteiger partial charge is 0.480 e. The quantitative estimate of drug-likeness (QED) is 0.0995. The van der Waals surface area contributed by atoms with E-state index in [9.17, 15) is 24.3 Å². The molecule has 1 heterocycles. The first-order valence-corrected chi connectivity index (χ1v) is 14.5. The number of carboxylic acids is 1. The maximum absolute atomic E-state index is 13.4. The molecule has 0 saturated heterocycles. The third kappa shape index (κ3) is 9.53. The molecule has 9 N–H and O–H groups in total. The van der Waals surface area contributed by atoms with E-state index in [4.69, 9.17) is 11.5 Å². The molecule has 3 amide bonds. The number of nitrogens with two attached hydrogens (primary N) is 2. The summed E-state index contributed by atoms with van der Waals surface area (Å²) in [6.45, 7) is 0.416. The fourth-order valence-corrected chi connectivity index (χ4v) is 4.53. The fourth-order valence-electron chi connectivity index (χ4n) is 3.89. The minimum absolute atomic E-state index is 0.106. The van der Waals surface area contributed by atoms with Crippen LogP contribution in [0.25, 0.3) is 10.9 Å². The van der Waals surface area contributed by atoms with Crippen LogP contribution >= 0.6 is 24.4 Å². The van der Waals surface area contributed by atoms with Crippen LogP contribution in [0.4, 0.5) is 0 Å². The minimum Gasteiger partial charge on any atom is -0.480 e. The second-order valence-corrected chi connectivity index (χ2v) is 10.3. The summed E-state index contributed by atoms with van der Waals surface area (Å²) >= 11 is 5.54. The molecule has 0 bridgehead atoms. The van der Waals surface area contributed by atoms with Crippen molar-refractivity contribution in [3.8, 4) is 0 Å². The topological polar surface area (TPSA) is 192 Å². The molecular formula is C25H38N6O5S2. The number of fused-ring (bicyclic) bond motifs is 1. The molecule has 1 aromatic carbocycles. The summed E-state index contributed by atoms with van der Waals surface area (Å²) in [5.41, 5.74) is 12.9. The molecule has 4 unspecified atom stereocenters. The number of carboxylic acid groups (broad SMARTS) is 1. The predicted octanol–water partition coefficient (Wildman–Crippen LogP) is 0.389. The number of rotatable bonds is 17. The van der Waals surface area contributed by atoms with Crippen molar-refractivity contribution in [1.29, 1.82) is 0 Å². The molecule has 0 aliphatic carbocycles. The van der Waals surface area contributed by atoms with E-state index >= 15 is 0 Å². The molecule has 2 aromatic rings. The summed E-state index contributed by atoms with van der Waals surface area (Å²) in [4.78, 5) is 54.0. The summed E-state index contributed by atoms with van der Waals surface area (Å²) in [6.07, 6.45) is 5.42. The number of carbonyl (C=O) groups is 4. The normalized spacial score (nSPS) is 14.3. The number of thioether (sulfide) groups is 1. The van der Waals surface area contributed by atoms with Gasteiger partial charge < -0.3 is 37.5 Å². The number of para-hydroxylation sites is 1. The Kier molecular flexibility index (Phi) is 13.5. The molecule has 0 aliphatic heterocycles. The van der Waals surface area contributed by atoms with E-state index in [0.29, 0.717) is 31.6 Å². The second-order valence-electron chi connectivity index (χ2n) is 8.94. The Labute approximate surface area is 232 Å². The second kappa shape index (κ2) is 16.3. The standard InChI is InChI=1S/C25H38N6O5S2/c1-38-11-9-19(29-22(32)17(27)14-37)23(33)31-21(12-15-13-28-18-7-3-2-6-16(15)18)24(34)30-20(25(35)36)8-4-5-10-26/h2-3,6-7,13,17,19-21,28,37H,4-5,8-12,14,26-27H2,1H3,(H,29,32)(H,30,34)(H,31,33)(H,35,36). The van der Waals surface area contributed by atoms with Gasteiger partial charge in [0.05, 0.1) is 6.04 Å². The lowest BCUT2D eigenvalue weighted by Crippen LogP contribution is -2.57. The zero-order valence-corrected chi connectivity index (χ0v) is 23.2. The van der Waals surface area contributed by atoms with Crippen molar-refractivity contribution in [3.63, 3.8) is 0 Å². The number of hydrogen-bond acceptors (Lipinski definition) is 8. The lowest BCUT2D eigenvalue weighted by atomic mass is 10.0. The number of carbonyl (C=O) groups excluding carboxylic acids is 3. The van der Waals surface area contributed by atoms with Crippen molar-refractivity contribution in [3.05, 3.63) is 36.0 Å². The highest BCUT2D eigenvalue weighted by atomic mass is 32.2. The van der Waals surface area contributed by atoms with Gasteiger partial charge in [0, 0.05) is 29.3 Å². The number of amides is 3. The van der Waals surface area contributed by atoms with Crippen LogP contribution in [0.5, 0.6) is 0 Å². The molecule has 11 nitrogen and oxygen atoms in total. The Morgan fingerprint density at radius 1 is 1.00 bits per heavy atom. The SMILES string of the molecule is CSCCC(NC(=O)C(N)CS)C(=O)NC(Cc1c[nH]c2ccccc12)C(=O)NC(CCCCN)C(=O)O. The number of H-pyrrole nitrogens is 1. The number of aliphatic carboxylic acids is 1. The van der Waals surface area contributed by atoms with Crippen LogP contribution in [-0.2, 0) is 25.6 Å². The predicted molar refractivity (Wildman–Crippen MR) is 153 cm³/mol. The van der Waals surface area contributed by atoms with Crippen LogP contribution in [0, 0.1) is 0 Å². The number of aromatic nitrogens is 1. The number of nitrogens with one attached hydrogen (secondary N) is 4. The number of unbranched alkanes of at least 4 members (excludes halogenated alkanes) is 1. The molecule has 13 heteroatoms. The smallest absolute Gasteiger partial charge is 0.326 e. The number of aromatic amines is 1. The Morgan fingerprint density at radius 3 is 2.32 bits per heavy atom. The maximum Gasteiger partial charge on any atom is 0.326 e. The van der Waals surface area contributed by atoms with E-state index < -0.39 is 47.9 Å². The van der Waals surface area contributed by atoms with E-state index in [1.807, 2.05) is 30.5 Å². The van der Waals surface area contributed by atoms with Crippen LogP contribution < -0.4 is 27.4 Å². The lowest BCUT2D eigenvalue weighted by Gasteiger charge is -2.25. The van der Waals surface area contributed by atoms with E-state index in [1.165, 1.54) is 11.8 Å². The fraction of sp³-hybridized carbons (Fsp3) is 0.520. The van der Waals surface area contributed by atoms with Crippen molar-refractivity contribution in [1.82, 2.24) is 20.9 Å². The monoisotopic (exact) mass is 566 g/mol. The minimum atomic E-state index is -1.17. The highest BCUT2D eigenvalue weighted by molar-refractivity contribution is 7.98. The van der Waals surface area contributed by atoms with Gasteiger partial charge in [0.2, 0.25) is 17.7 Å². The van der Waals surface area contributed by atoms with Crippen molar-refractivity contribution in [2.45, 2.75) is 56.3 Å². The molecular weight excluding hydrogens is 528 g/mol. The third-order valence-corrected chi connectivity index (χ3v) is 7.11. The van der Waals surface area contributed by atoms with Crippen molar-refractivity contribution >= 4 is 59.0 Å². The molecule has 210 valence electrons. The Morgan fingerprint density at radius 2 is 1.66 bits per heavy atom. The molecule has 0 spiro atoms. The van der Waals surface area contributed by atoms with Gasteiger partial charge in [-0.25, -0.2) is 4.79 Å². The van der Waals surface area contributed by atoms with Gasteiger partial charge in [-0.15, -0.1) is 0 Å². The summed E-state index contributed by atoms with van der Waals surface area (Å²) in [7, 11) is 0. The average molecular weight is 567 g/mol. The number of thiol groups is 1. The van der Waals surface area contributed by atoms with Crippen molar-refractivity contribution in [2.75, 3.05) is 24.3 Å². The molecule has 1 aromatic heterocycles. The summed E-state index contributed by atoms with van der Waals surface area (Å²) in [5, 5.41) is 18.5. The summed E-state index contributed by atoms with van der Waals surface area (Å²) < 4.78 is 0. The van der Waals surface area contributed by atoms with Crippen molar-refractivity contribution < 1.29 is 24.3 Å². The summed E-state index contributed by atoms with van der Waals surface area (Å²) in [6, 6.07) is 3.49. The molecule has 4 atom stereocenters. The van der Waals surface area contributed by atoms with Crippen LogP contribution in [0.15, 0.2) is 30.5 Å². The van der Waals surface area contributed by atoms with Gasteiger partial charge in [0.25, 0.3) is 0 Å². The van der Waals surface area contributed by atoms with Gasteiger partial charge in [-0.2, -0.15) is 24.4 Å². The first-order valence-electron chi connectivity index (χ1n) is 12.5. The molecule has 38 heavy (non-hydrogen) atoms. The first-order chi connectivity index (χ1) is 18.2. The van der Waals surface area contributed by atoms with E-state index in [1.54, 1.807) is 6.20 Å². The number of benzene rings is 1. The Balaban J connectivity index is 2.29. The van der Waals surface area contributed by atoms with Gasteiger partial charge in [-0.05, 0) is 55.9 Å². The van der Waals surface area contributed by atoms with E-state index in [-0.39, 0.29) is 18.6 Å². The number of hydrogen-bond donors (Lipinski definition) is 8. The van der Waals surface area contributed by atoms with E-state index in [2.05, 4.69) is 33.6 Å². The zero-order valence-electron chi connectivity index (χ0n) is 21.4. The Bertz CT molecular complexity index is 1080. The lowest BCUT2D eigenvalue weighted by molar-refractivity contribution is -0.142. The zero-order chi connectivity index (χ0) is 28.1. The first kappa shape index (κ1) is 31.5. The van der Waals surface area contributed by atoms with Gasteiger partial charge >= 0.3 is 5.97 Å².